The zero-order valence-corrected chi connectivity index (χ0v) is 35.7. The second-order valence-corrected chi connectivity index (χ2v) is 20.5. The van der Waals surface area contributed by atoms with Gasteiger partial charge in [0.2, 0.25) is 0 Å². The van der Waals surface area contributed by atoms with Gasteiger partial charge in [-0.1, -0.05) is 24.3 Å². The van der Waals surface area contributed by atoms with E-state index in [0.717, 1.165) is 68.4 Å². The number of aromatic nitrogens is 2. The number of carbonyl (C=O) groups excluding carboxylic acids is 1. The number of carbonyl (C=O) groups is 1. The molecule has 14 nitrogen and oxygen atoms in total. The fourth-order valence-electron chi connectivity index (χ4n) is 10.6. The monoisotopic (exact) mass is 859 g/mol. The third-order valence-electron chi connectivity index (χ3n) is 14.2. The maximum absolute atomic E-state index is 13.9. The van der Waals surface area contributed by atoms with Crippen molar-refractivity contribution >= 4 is 44.0 Å². The third-order valence-corrected chi connectivity index (χ3v) is 15.5. The smallest absolute Gasteiger partial charge is 0.293 e. The molecule has 3 saturated carbocycles. The van der Waals surface area contributed by atoms with Crippen molar-refractivity contribution in [2.24, 2.45) is 11.3 Å². The Kier molecular flexibility index (Phi) is 10.3. The summed E-state index contributed by atoms with van der Waals surface area (Å²) in [6, 6.07) is 22.5. The summed E-state index contributed by atoms with van der Waals surface area (Å²) in [5.41, 5.74) is 3.89. The van der Waals surface area contributed by atoms with Gasteiger partial charge < -0.3 is 25.0 Å². The van der Waals surface area contributed by atoms with Crippen molar-refractivity contribution in [1.29, 1.82) is 0 Å². The Morgan fingerprint density at radius 3 is 2.53 bits per heavy atom. The summed E-state index contributed by atoms with van der Waals surface area (Å²) < 4.78 is 35.9. The number of pyridine rings is 1. The normalized spacial score (nSPS) is 23.8. The van der Waals surface area contributed by atoms with Crippen molar-refractivity contribution in [2.45, 2.75) is 99.6 Å². The van der Waals surface area contributed by atoms with Crippen LogP contribution in [0.15, 0.2) is 90.1 Å². The van der Waals surface area contributed by atoms with Gasteiger partial charge in [0.1, 0.15) is 22.8 Å². The lowest BCUT2D eigenvalue weighted by Gasteiger charge is -2.62. The largest absolute Gasteiger partial charge is 0.455 e. The maximum Gasteiger partial charge on any atom is 0.293 e. The summed E-state index contributed by atoms with van der Waals surface area (Å²) in [5, 5.41) is 26.3. The number of hydrogen-bond acceptors (Lipinski definition) is 11. The Hall–Kier alpha value is -5.51. The number of nitrogens with zero attached hydrogens (tertiary/aromatic N) is 4. The molecule has 4 N–H and O–H groups in total. The SMILES string of the molecule is C[C@]1(O)CC[C@H](CNc2ccc(S(=O)(=O)NC(=O)c3ccc(N4CC5(CC(N6CCC[C@H]6c6ccccc6C6CC6)C5)C4)cc3Oc3cnc4[nH]ccc4c3)cc2[N+](=O)[O-])CC1. The molecule has 2 aromatic heterocycles. The van der Waals surface area contributed by atoms with E-state index in [9.17, 15) is 28.4 Å². The summed E-state index contributed by atoms with van der Waals surface area (Å²) >= 11 is 0. The van der Waals surface area contributed by atoms with Gasteiger partial charge in [-0.2, -0.15) is 0 Å². The van der Waals surface area contributed by atoms with Crippen molar-refractivity contribution in [1.82, 2.24) is 19.6 Å². The Labute approximate surface area is 361 Å². The molecule has 5 aromatic rings. The molecule has 15 heteroatoms. The van der Waals surface area contributed by atoms with E-state index in [-0.39, 0.29) is 28.3 Å². The molecule has 62 heavy (non-hydrogen) atoms. The molecule has 3 aliphatic carbocycles. The number of sulfonamides is 1. The quantitative estimate of drug-likeness (QED) is 0.0659. The topological polar surface area (TPSA) is 183 Å². The Bertz CT molecular complexity index is 2640. The molecule has 5 fully saturated rings. The molecular weight excluding hydrogens is 807 g/mol. The Morgan fingerprint density at radius 1 is 1.00 bits per heavy atom. The molecule has 0 radical (unpaired) electrons. The maximum atomic E-state index is 13.9. The fourth-order valence-corrected chi connectivity index (χ4v) is 11.6. The first kappa shape index (κ1) is 40.6. The van der Waals surface area contributed by atoms with Crippen LogP contribution in [-0.2, 0) is 10.0 Å². The predicted molar refractivity (Wildman–Crippen MR) is 236 cm³/mol. The first-order valence-electron chi connectivity index (χ1n) is 22.0. The molecule has 1 atom stereocenters. The van der Waals surface area contributed by atoms with E-state index in [0.29, 0.717) is 42.9 Å². The molecule has 0 bridgehead atoms. The number of fused-ring (bicyclic) bond motifs is 1. The summed E-state index contributed by atoms with van der Waals surface area (Å²) in [5.74, 6) is 0.525. The van der Waals surface area contributed by atoms with Crippen molar-refractivity contribution in [3.05, 3.63) is 112 Å². The highest BCUT2D eigenvalue weighted by atomic mass is 32.2. The van der Waals surface area contributed by atoms with E-state index in [1.165, 1.54) is 43.4 Å². The number of anilines is 2. The van der Waals surface area contributed by atoms with Crippen LogP contribution in [0.5, 0.6) is 11.5 Å². The molecule has 2 saturated heterocycles. The van der Waals surface area contributed by atoms with Crippen LogP contribution in [0.2, 0.25) is 0 Å². The Balaban J connectivity index is 0.841. The second kappa shape index (κ2) is 15.7. The Morgan fingerprint density at radius 2 is 1.77 bits per heavy atom. The molecule has 0 unspecified atom stereocenters. The number of aliphatic hydroxyl groups is 1. The highest BCUT2D eigenvalue weighted by Crippen LogP contribution is 2.55. The average molecular weight is 860 g/mol. The number of H-pyrrole nitrogens is 1. The molecule has 324 valence electrons. The summed E-state index contributed by atoms with van der Waals surface area (Å²) in [6.07, 6.45) is 13.5. The molecule has 3 aromatic carbocycles. The number of amides is 1. The number of nitro groups is 1. The van der Waals surface area contributed by atoms with Gasteiger partial charge in [0, 0.05) is 66.5 Å². The highest BCUT2D eigenvalue weighted by Gasteiger charge is 2.55. The molecule has 10 rings (SSSR count). The molecule has 1 amide bonds. The number of aromatic amines is 1. The molecule has 5 aliphatic rings. The van der Waals surface area contributed by atoms with E-state index < -0.39 is 37.0 Å². The molecule has 4 heterocycles. The van der Waals surface area contributed by atoms with Crippen LogP contribution in [0.25, 0.3) is 11.0 Å². The van der Waals surface area contributed by atoms with Gasteiger partial charge in [-0.3, -0.25) is 19.8 Å². The van der Waals surface area contributed by atoms with Crippen molar-refractivity contribution < 1.29 is 28.0 Å². The van der Waals surface area contributed by atoms with Gasteiger partial charge in [0.25, 0.3) is 21.6 Å². The van der Waals surface area contributed by atoms with E-state index in [4.69, 9.17) is 4.74 Å². The minimum atomic E-state index is -4.55. The zero-order valence-electron chi connectivity index (χ0n) is 34.9. The van der Waals surface area contributed by atoms with Crippen LogP contribution in [-0.4, -0.2) is 77.0 Å². The summed E-state index contributed by atoms with van der Waals surface area (Å²) in [4.78, 5) is 37.5. The molecule has 2 aliphatic heterocycles. The minimum Gasteiger partial charge on any atom is -0.455 e. The van der Waals surface area contributed by atoms with E-state index in [2.05, 4.69) is 54.1 Å². The van der Waals surface area contributed by atoms with Gasteiger partial charge in [-0.25, -0.2) is 18.1 Å². The first-order chi connectivity index (χ1) is 29.8. The first-order valence-corrected chi connectivity index (χ1v) is 23.5. The van der Waals surface area contributed by atoms with Crippen LogP contribution in [0.4, 0.5) is 17.1 Å². The van der Waals surface area contributed by atoms with Gasteiger partial charge >= 0.3 is 0 Å². The number of benzene rings is 3. The van der Waals surface area contributed by atoms with Gasteiger partial charge in [0.05, 0.1) is 27.2 Å². The zero-order chi connectivity index (χ0) is 42.8. The van der Waals surface area contributed by atoms with E-state index >= 15 is 0 Å². The third kappa shape index (κ3) is 8.01. The van der Waals surface area contributed by atoms with Gasteiger partial charge in [-0.15, -0.1) is 0 Å². The number of likely N-dealkylation sites (tertiary alicyclic amines) is 1. The molecule has 1 spiro atoms. The molecular formula is C47H53N7O7S. The van der Waals surface area contributed by atoms with Crippen LogP contribution >= 0.6 is 0 Å². The number of hydrogen-bond donors (Lipinski definition) is 4. The standard InChI is InChI=1S/C47H53N7O7S/c1-46(56)17-14-30(15-18-46)26-49-40-13-11-36(23-42(40)54(57)58)62(59,60)51-45(55)39-12-10-33(22-43(39)61-35-21-32-16-19-48-44(32)50-27-35)52-28-47(29-52)24-34(25-47)53-20-4-7-41(53)38-6-3-2-5-37(38)31-8-9-31/h2-3,5-6,10-13,16,19,21-23,27,30-31,34,41,49,56H,4,7-9,14-15,17-18,20,24-26,28-29H2,1H3,(H,48,50)(H,51,55)/t30-,41-,46-/m0/s1. The summed E-state index contributed by atoms with van der Waals surface area (Å²) in [6.45, 7) is 5.16. The van der Waals surface area contributed by atoms with Crippen LogP contribution in [0.1, 0.15) is 105 Å². The number of nitro benzene ring substituents is 1. The van der Waals surface area contributed by atoms with Crippen molar-refractivity contribution in [3.8, 4) is 11.5 Å². The van der Waals surface area contributed by atoms with E-state index in [1.54, 1.807) is 36.2 Å². The van der Waals surface area contributed by atoms with Gasteiger partial charge in [-0.05, 0) is 137 Å². The number of ether oxygens (including phenoxy) is 1. The predicted octanol–water partition coefficient (Wildman–Crippen LogP) is 8.42. The lowest BCUT2D eigenvalue weighted by molar-refractivity contribution is -0.384. The number of nitrogens with one attached hydrogen (secondary N) is 3. The minimum absolute atomic E-state index is 0.0174. The highest BCUT2D eigenvalue weighted by molar-refractivity contribution is 7.90. The van der Waals surface area contributed by atoms with Gasteiger partial charge in [0.15, 0.2) is 0 Å². The van der Waals surface area contributed by atoms with Crippen LogP contribution < -0.4 is 19.7 Å². The number of rotatable bonds is 13. The van der Waals surface area contributed by atoms with Crippen LogP contribution in [0, 0.1) is 21.4 Å². The average Bonchev–Trinajstić information content (AvgIpc) is 3.77. The fraction of sp³-hybridized carbons (Fsp3) is 0.447. The second-order valence-electron chi connectivity index (χ2n) is 18.8. The van der Waals surface area contributed by atoms with Crippen molar-refractivity contribution in [2.75, 3.05) is 36.4 Å². The van der Waals surface area contributed by atoms with E-state index in [1.807, 2.05) is 19.1 Å². The van der Waals surface area contributed by atoms with Crippen molar-refractivity contribution in [3.63, 3.8) is 0 Å². The lowest BCUT2D eigenvalue weighted by Crippen LogP contribution is -2.66. The lowest BCUT2D eigenvalue weighted by atomic mass is 9.60. The van der Waals surface area contributed by atoms with Crippen LogP contribution in [0.3, 0.4) is 0 Å². The summed E-state index contributed by atoms with van der Waals surface area (Å²) in [7, 11) is -4.55.